The molecule has 28 heavy (non-hydrogen) atoms. The van der Waals surface area contributed by atoms with Crippen molar-refractivity contribution in [3.63, 3.8) is 0 Å². The molecule has 0 unspecified atom stereocenters. The van der Waals surface area contributed by atoms with E-state index in [1.165, 1.54) is 6.07 Å². The number of alkyl halides is 3. The Hall–Kier alpha value is -2.48. The van der Waals surface area contributed by atoms with E-state index in [0.717, 1.165) is 16.0 Å². The molecule has 3 aliphatic rings. The summed E-state index contributed by atoms with van der Waals surface area (Å²) in [7, 11) is 0. The van der Waals surface area contributed by atoms with Gasteiger partial charge in [-0.25, -0.2) is 9.74 Å². The molecular weight excluding hydrogens is 379 g/mol. The topological polar surface area (TPSA) is 74.4 Å². The number of ether oxygens (including phenoxy) is 1. The van der Waals surface area contributed by atoms with Gasteiger partial charge in [-0.3, -0.25) is 9.59 Å². The Bertz CT molecular complexity index is 907. The third kappa shape index (κ3) is 2.40. The molecule has 1 aromatic rings. The number of anilines is 1. The van der Waals surface area contributed by atoms with Crippen LogP contribution in [0.25, 0.3) is 4.85 Å². The van der Waals surface area contributed by atoms with Gasteiger partial charge < -0.3 is 9.94 Å². The predicted molar refractivity (Wildman–Crippen MR) is 88.4 cm³/mol. The number of hydroxylamine groups is 2. The summed E-state index contributed by atoms with van der Waals surface area (Å²) in [6.07, 6.45) is -4.80. The van der Waals surface area contributed by atoms with Gasteiger partial charge in [-0.1, -0.05) is 6.07 Å². The van der Waals surface area contributed by atoms with E-state index >= 15 is 0 Å². The monoisotopic (exact) mass is 395 g/mol. The van der Waals surface area contributed by atoms with Crippen molar-refractivity contribution in [3.8, 4) is 0 Å². The molecule has 3 saturated heterocycles. The van der Waals surface area contributed by atoms with E-state index in [0.29, 0.717) is 6.07 Å². The fourth-order valence-electron chi connectivity index (χ4n) is 4.84. The second kappa shape index (κ2) is 5.53. The summed E-state index contributed by atoms with van der Waals surface area (Å²) in [6.45, 7) is 10.1. The van der Waals surface area contributed by atoms with E-state index in [2.05, 4.69) is 4.85 Å². The molecule has 3 fully saturated rings. The van der Waals surface area contributed by atoms with E-state index in [-0.39, 0.29) is 18.8 Å². The van der Waals surface area contributed by atoms with Gasteiger partial charge in [-0.15, -0.1) is 0 Å². The normalized spacial score (nSPS) is 35.2. The standard InChI is InChI=1S/C18H16F3N3O4/c1-16-7-23(27)8-17(2,28-16)13-12(16)14(25)24(15(13)26)9-4-5-11(22-3)10(6-9)18(19,20)21/h4-6,12-13,27H,7-8H2,1-2H3/t12-,13+,16-,17+. The molecule has 3 heterocycles. The van der Waals surface area contributed by atoms with E-state index < -0.39 is 52.3 Å². The van der Waals surface area contributed by atoms with Crippen LogP contribution in [0.15, 0.2) is 18.2 Å². The van der Waals surface area contributed by atoms with Gasteiger partial charge in [0, 0.05) is 5.69 Å². The highest BCUT2D eigenvalue weighted by Crippen LogP contribution is 2.55. The van der Waals surface area contributed by atoms with Gasteiger partial charge in [0.05, 0.1) is 48.3 Å². The van der Waals surface area contributed by atoms with Crippen LogP contribution in [0, 0.1) is 18.4 Å². The molecule has 148 valence electrons. The molecule has 4 rings (SSSR count). The first-order chi connectivity index (χ1) is 12.9. The first-order valence-corrected chi connectivity index (χ1v) is 8.52. The second-order valence-corrected chi connectivity index (χ2v) is 7.83. The highest BCUT2D eigenvalue weighted by Gasteiger charge is 2.71. The number of carbonyl (C=O) groups excluding carboxylic acids is 2. The smallest absolute Gasteiger partial charge is 0.365 e. The first-order valence-electron chi connectivity index (χ1n) is 8.52. The van der Waals surface area contributed by atoms with Crippen molar-refractivity contribution in [2.75, 3.05) is 18.0 Å². The van der Waals surface area contributed by atoms with E-state index in [4.69, 9.17) is 11.3 Å². The van der Waals surface area contributed by atoms with Gasteiger partial charge in [0.2, 0.25) is 11.8 Å². The van der Waals surface area contributed by atoms with Crippen molar-refractivity contribution in [2.45, 2.75) is 31.2 Å². The lowest BCUT2D eigenvalue weighted by Gasteiger charge is -2.42. The molecule has 0 radical (unpaired) electrons. The minimum atomic E-state index is -4.80. The van der Waals surface area contributed by atoms with Crippen LogP contribution in [-0.4, -0.2) is 46.4 Å². The number of hydrogen-bond donors (Lipinski definition) is 1. The Morgan fingerprint density at radius 3 is 2.18 bits per heavy atom. The molecule has 1 aromatic carbocycles. The molecule has 10 heteroatoms. The Morgan fingerprint density at radius 1 is 1.18 bits per heavy atom. The Balaban J connectivity index is 1.80. The van der Waals surface area contributed by atoms with Crippen LogP contribution in [0.1, 0.15) is 19.4 Å². The van der Waals surface area contributed by atoms with E-state index in [9.17, 15) is 28.0 Å². The molecule has 2 amide bonds. The summed E-state index contributed by atoms with van der Waals surface area (Å²) in [5.74, 6) is -3.17. The summed E-state index contributed by atoms with van der Waals surface area (Å²) >= 11 is 0. The van der Waals surface area contributed by atoms with Gasteiger partial charge >= 0.3 is 6.18 Å². The highest BCUT2D eigenvalue weighted by atomic mass is 19.4. The average molecular weight is 395 g/mol. The zero-order valence-electron chi connectivity index (χ0n) is 14.9. The predicted octanol–water partition coefficient (Wildman–Crippen LogP) is 2.61. The second-order valence-electron chi connectivity index (χ2n) is 7.83. The van der Waals surface area contributed by atoms with Crippen LogP contribution < -0.4 is 4.90 Å². The SMILES string of the molecule is [C-]#[N+]c1ccc(N2C(=O)[C@@H]3[C@H](C2=O)[C@@]2(C)CN(O)C[C@]3(C)O2)cc1C(F)(F)F. The maximum absolute atomic E-state index is 13.3. The average Bonchev–Trinajstić information content (AvgIpc) is 2.93. The highest BCUT2D eigenvalue weighted by molar-refractivity contribution is 6.23. The van der Waals surface area contributed by atoms with Crippen LogP contribution in [0.3, 0.4) is 0 Å². The third-order valence-electron chi connectivity index (χ3n) is 5.75. The van der Waals surface area contributed by atoms with Crippen LogP contribution in [0.4, 0.5) is 24.5 Å². The molecule has 0 saturated carbocycles. The Kier molecular flexibility index (Phi) is 3.73. The number of imide groups is 1. The molecule has 3 aliphatic heterocycles. The van der Waals surface area contributed by atoms with Crippen molar-refractivity contribution in [1.82, 2.24) is 5.06 Å². The van der Waals surface area contributed by atoms with Gasteiger partial charge in [-0.05, 0) is 26.0 Å². The fraction of sp³-hybridized carbons (Fsp3) is 0.500. The molecule has 0 aromatic heterocycles. The maximum atomic E-state index is 13.3. The molecule has 7 nitrogen and oxygen atoms in total. The summed E-state index contributed by atoms with van der Waals surface area (Å²) in [5, 5.41) is 11.0. The lowest BCUT2D eigenvalue weighted by Crippen LogP contribution is -2.57. The van der Waals surface area contributed by atoms with Crippen molar-refractivity contribution >= 4 is 23.2 Å². The van der Waals surface area contributed by atoms with Crippen LogP contribution >= 0.6 is 0 Å². The van der Waals surface area contributed by atoms with Crippen LogP contribution in [-0.2, 0) is 20.5 Å². The number of rotatable bonds is 1. The minimum absolute atomic E-state index is 0.00107. The number of halogens is 3. The zero-order chi connectivity index (χ0) is 20.6. The number of hydrogen-bond acceptors (Lipinski definition) is 5. The summed E-state index contributed by atoms with van der Waals surface area (Å²) in [5.41, 5.74) is -4.32. The van der Waals surface area contributed by atoms with Crippen LogP contribution in [0.2, 0.25) is 0 Å². The van der Waals surface area contributed by atoms with Crippen molar-refractivity contribution in [2.24, 2.45) is 11.8 Å². The minimum Gasteiger partial charge on any atom is -0.365 e. The summed E-state index contributed by atoms with van der Waals surface area (Å²) in [4.78, 5) is 29.8. The number of fused-ring (bicyclic) bond motifs is 5. The van der Waals surface area contributed by atoms with Crippen LogP contribution in [0.5, 0.6) is 0 Å². The van der Waals surface area contributed by atoms with E-state index in [1.807, 2.05) is 0 Å². The van der Waals surface area contributed by atoms with E-state index in [1.54, 1.807) is 13.8 Å². The van der Waals surface area contributed by atoms with Crippen molar-refractivity contribution < 1.29 is 32.7 Å². The number of morpholine rings is 1. The molecule has 4 atom stereocenters. The number of carbonyl (C=O) groups is 2. The number of amides is 2. The lowest BCUT2D eigenvalue weighted by atomic mass is 9.79. The summed E-state index contributed by atoms with van der Waals surface area (Å²) in [6, 6.07) is 2.78. The Labute approximate surface area is 158 Å². The Morgan fingerprint density at radius 2 is 1.71 bits per heavy atom. The third-order valence-corrected chi connectivity index (χ3v) is 5.75. The van der Waals surface area contributed by atoms with Crippen molar-refractivity contribution in [1.29, 1.82) is 0 Å². The van der Waals surface area contributed by atoms with Gasteiger partial charge in [-0.2, -0.15) is 18.2 Å². The zero-order valence-corrected chi connectivity index (χ0v) is 14.9. The number of benzene rings is 1. The fourth-order valence-corrected chi connectivity index (χ4v) is 4.84. The molecule has 0 spiro atoms. The van der Waals surface area contributed by atoms with Gasteiger partial charge in [0.1, 0.15) is 0 Å². The molecular formula is C18H16F3N3O4. The number of nitrogens with zero attached hydrogens (tertiary/aromatic N) is 3. The quantitative estimate of drug-likeness (QED) is 0.585. The molecule has 0 aliphatic carbocycles. The molecule has 2 bridgehead atoms. The first kappa shape index (κ1) is 18.9. The molecule has 1 N–H and O–H groups in total. The van der Waals surface area contributed by atoms with Crippen molar-refractivity contribution in [3.05, 3.63) is 35.2 Å². The van der Waals surface area contributed by atoms with Gasteiger partial charge in [0.15, 0.2) is 5.69 Å². The maximum Gasteiger partial charge on any atom is 0.407 e. The summed E-state index contributed by atoms with van der Waals surface area (Å²) < 4.78 is 45.8. The lowest BCUT2D eigenvalue weighted by molar-refractivity contribution is -0.242. The van der Waals surface area contributed by atoms with Gasteiger partial charge in [0.25, 0.3) is 0 Å². The largest absolute Gasteiger partial charge is 0.407 e.